The van der Waals surface area contributed by atoms with Crippen molar-refractivity contribution in [2.45, 2.75) is 139 Å². The number of ether oxygens (including phenoxy) is 1. The predicted molar refractivity (Wildman–Crippen MR) is 163 cm³/mol. The molecule has 3 aliphatic heterocycles. The van der Waals surface area contributed by atoms with E-state index < -0.39 is 0 Å². The van der Waals surface area contributed by atoms with Crippen LogP contribution in [0.1, 0.15) is 96.8 Å². The normalized spacial score (nSPS) is 41.5. The Morgan fingerprint density at radius 3 is 2.51 bits per heavy atom. The van der Waals surface area contributed by atoms with Gasteiger partial charge in [0.05, 0.1) is 6.04 Å². The van der Waals surface area contributed by atoms with Crippen LogP contribution >= 0.6 is 0 Å². The average Bonchev–Trinajstić information content (AvgIpc) is 3.49. The van der Waals surface area contributed by atoms with Crippen LogP contribution in [0.2, 0.25) is 0 Å². The number of hydrogen-bond donors (Lipinski definition) is 7. The summed E-state index contributed by atoms with van der Waals surface area (Å²) in [6.07, 6.45) is 18.9. The van der Waals surface area contributed by atoms with E-state index in [4.69, 9.17) is 16.2 Å². The summed E-state index contributed by atoms with van der Waals surface area (Å²) < 4.78 is 6.10. The molecule has 0 aromatic carbocycles. The summed E-state index contributed by atoms with van der Waals surface area (Å²) in [6, 6.07) is 0.0940. The first kappa shape index (κ1) is 30.3. The molecule has 2 saturated heterocycles. The molecule has 6 rings (SSSR count). The van der Waals surface area contributed by atoms with E-state index in [0.717, 1.165) is 19.4 Å². The molecule has 6 aliphatic rings. The molecule has 3 aliphatic carbocycles. The summed E-state index contributed by atoms with van der Waals surface area (Å²) in [6.45, 7) is 3.76. The molecule has 9 unspecified atom stereocenters. The van der Waals surface area contributed by atoms with Crippen LogP contribution in [0.5, 0.6) is 0 Å². The average molecular weight is 574 g/mol. The van der Waals surface area contributed by atoms with Crippen molar-refractivity contribution in [3.8, 4) is 0 Å². The first-order chi connectivity index (χ1) is 20.0. The Hall–Kier alpha value is -0.780. The number of nitrogens with two attached hydrogens (primary N) is 2. The minimum atomic E-state index is -0.389. The Kier molecular flexibility index (Phi) is 9.64. The van der Waals surface area contributed by atoms with Gasteiger partial charge in [-0.05, 0) is 85.9 Å². The van der Waals surface area contributed by atoms with E-state index in [1.807, 2.05) is 0 Å². The lowest BCUT2D eigenvalue weighted by molar-refractivity contribution is -0.928. The molecule has 2 bridgehead atoms. The monoisotopic (exact) mass is 573 g/mol. The number of nitrogens with one attached hydrogen (secondary N) is 5. The van der Waals surface area contributed by atoms with Gasteiger partial charge in [-0.1, -0.05) is 58.3 Å². The number of quaternary nitrogens is 1. The highest BCUT2D eigenvalue weighted by atomic mass is 16.5. The lowest BCUT2D eigenvalue weighted by Gasteiger charge is -2.57. The van der Waals surface area contributed by atoms with Crippen LogP contribution in [0.15, 0.2) is 11.8 Å². The van der Waals surface area contributed by atoms with Crippen LogP contribution in [0.4, 0.5) is 0 Å². The summed E-state index contributed by atoms with van der Waals surface area (Å²) in [5, 5.41) is 26.1. The zero-order valence-corrected chi connectivity index (χ0v) is 25.7. The zero-order valence-electron chi connectivity index (χ0n) is 25.7. The molecule has 5 fully saturated rings. The SMILES string of the molecule is CC[C@@H](N)C1CNC2C([NH+]([O-])NC3CNC=C(C4CCCC4)C3OC)C(N)NC(C1)C1(CCCCC1)C2C1CCC1. The summed E-state index contributed by atoms with van der Waals surface area (Å²) >= 11 is 0. The lowest BCUT2D eigenvalue weighted by atomic mass is 9.52. The van der Waals surface area contributed by atoms with Gasteiger partial charge in [0.2, 0.25) is 0 Å². The Balaban J connectivity index is 1.31. The fourth-order valence-corrected chi connectivity index (χ4v) is 10.2. The molecule has 0 radical (unpaired) electrons. The molecule has 0 amide bonds. The Morgan fingerprint density at radius 2 is 1.85 bits per heavy atom. The number of rotatable bonds is 8. The quantitative estimate of drug-likeness (QED) is 0.218. The molecule has 9 heteroatoms. The molecule has 9 nitrogen and oxygen atoms in total. The van der Waals surface area contributed by atoms with Crippen LogP contribution in [0.3, 0.4) is 0 Å². The van der Waals surface area contributed by atoms with Gasteiger partial charge in [0.25, 0.3) is 0 Å². The van der Waals surface area contributed by atoms with Gasteiger partial charge in [-0.2, -0.15) is 5.43 Å². The van der Waals surface area contributed by atoms with Crippen LogP contribution in [-0.4, -0.2) is 62.7 Å². The maximum Gasteiger partial charge on any atom is 0.149 e. The van der Waals surface area contributed by atoms with Gasteiger partial charge < -0.3 is 32.0 Å². The van der Waals surface area contributed by atoms with Crippen molar-refractivity contribution in [1.82, 2.24) is 21.4 Å². The van der Waals surface area contributed by atoms with Gasteiger partial charge in [-0.25, -0.2) is 0 Å². The van der Waals surface area contributed by atoms with E-state index in [9.17, 15) is 5.21 Å². The van der Waals surface area contributed by atoms with Crippen molar-refractivity contribution in [2.75, 3.05) is 20.2 Å². The molecule has 41 heavy (non-hydrogen) atoms. The second-order valence-corrected chi connectivity index (χ2v) is 14.6. The smallest absolute Gasteiger partial charge is 0.149 e. The second kappa shape index (κ2) is 13.1. The van der Waals surface area contributed by atoms with Crippen molar-refractivity contribution in [1.29, 1.82) is 0 Å². The number of fused-ring (bicyclic) bond motifs is 1. The fraction of sp³-hybridized carbons (Fsp3) is 0.938. The number of hydroxylamine groups is 1. The molecule has 0 aromatic heterocycles. The zero-order chi connectivity index (χ0) is 28.6. The maximum absolute atomic E-state index is 14.5. The highest BCUT2D eigenvalue weighted by molar-refractivity contribution is 5.19. The Morgan fingerprint density at radius 1 is 1.10 bits per heavy atom. The van der Waals surface area contributed by atoms with E-state index >= 15 is 0 Å². The van der Waals surface area contributed by atoms with Gasteiger partial charge in [0.15, 0.2) is 0 Å². The maximum atomic E-state index is 14.5. The molecular formula is C32H59N7O2. The minimum Gasteiger partial charge on any atom is -0.613 e. The van der Waals surface area contributed by atoms with Crippen LogP contribution in [-0.2, 0) is 4.74 Å². The van der Waals surface area contributed by atoms with Crippen LogP contribution < -0.4 is 38.0 Å². The molecule has 1 spiro atoms. The molecular weight excluding hydrogens is 514 g/mol. The van der Waals surface area contributed by atoms with E-state index in [-0.39, 0.29) is 47.0 Å². The highest BCUT2D eigenvalue weighted by Gasteiger charge is 2.60. The molecule has 10 atom stereocenters. The van der Waals surface area contributed by atoms with E-state index in [1.54, 1.807) is 7.11 Å². The second-order valence-electron chi connectivity index (χ2n) is 14.6. The fourth-order valence-electron chi connectivity index (χ4n) is 10.2. The van der Waals surface area contributed by atoms with E-state index in [2.05, 4.69) is 34.5 Å². The molecule has 9 N–H and O–H groups in total. The minimum absolute atomic E-state index is 0.0557. The van der Waals surface area contributed by atoms with Gasteiger partial charge in [0, 0.05) is 25.7 Å². The lowest BCUT2D eigenvalue weighted by Crippen LogP contribution is -3.22. The summed E-state index contributed by atoms with van der Waals surface area (Å²) in [4.78, 5) is 0. The first-order valence-corrected chi connectivity index (χ1v) is 17.2. The number of methoxy groups -OCH3 is 1. The Labute approximate surface area is 248 Å². The standard InChI is InChI=1S/C32H59N7O2/c1-3-24(33)22-16-26-32(14-7-4-8-15-32)27(21-12-9-13-21)28(36-17-22)29(31(34)37-26)39(40)38-25-19-35-18-23(30(25)41-2)20-10-5-6-11-20/h18,20-22,24-31,35-39H,3-17,19,33-34H2,1-2H3/t22?,24-,25?,26?,27?,28?,29?,30?,31?/m1/s1. The van der Waals surface area contributed by atoms with Crippen molar-refractivity contribution in [3.63, 3.8) is 0 Å². The topological polar surface area (TPSA) is 137 Å². The third-order valence-corrected chi connectivity index (χ3v) is 12.6. The summed E-state index contributed by atoms with van der Waals surface area (Å²) in [5.74, 6) is 2.07. The highest BCUT2D eigenvalue weighted by Crippen LogP contribution is 2.56. The van der Waals surface area contributed by atoms with Crippen molar-refractivity contribution in [2.24, 2.45) is 40.6 Å². The van der Waals surface area contributed by atoms with E-state index in [1.165, 1.54) is 82.6 Å². The summed E-state index contributed by atoms with van der Waals surface area (Å²) in [5.41, 5.74) is 18.9. The van der Waals surface area contributed by atoms with Gasteiger partial charge in [-0.15, -0.1) is 0 Å². The number of hydrogen-bond acceptors (Lipinski definition) is 8. The van der Waals surface area contributed by atoms with E-state index in [0.29, 0.717) is 36.3 Å². The third kappa shape index (κ3) is 5.75. The molecule has 0 aromatic rings. The third-order valence-electron chi connectivity index (χ3n) is 12.6. The van der Waals surface area contributed by atoms with Crippen molar-refractivity contribution in [3.05, 3.63) is 17.0 Å². The van der Waals surface area contributed by atoms with Crippen molar-refractivity contribution < 1.29 is 9.91 Å². The van der Waals surface area contributed by atoms with Crippen LogP contribution in [0, 0.1) is 34.3 Å². The predicted octanol–water partition coefficient (Wildman–Crippen LogP) is 1.64. The van der Waals surface area contributed by atoms with Gasteiger partial charge in [-0.3, -0.25) is 10.5 Å². The summed E-state index contributed by atoms with van der Waals surface area (Å²) in [7, 11) is 1.80. The molecule has 3 saturated carbocycles. The molecule has 234 valence electrons. The first-order valence-electron chi connectivity index (χ1n) is 17.2. The van der Waals surface area contributed by atoms with Gasteiger partial charge >= 0.3 is 0 Å². The molecule has 3 heterocycles. The van der Waals surface area contributed by atoms with Gasteiger partial charge in [0.1, 0.15) is 24.4 Å². The largest absolute Gasteiger partial charge is 0.613 e. The van der Waals surface area contributed by atoms with Crippen LogP contribution in [0.25, 0.3) is 0 Å². The van der Waals surface area contributed by atoms with Crippen molar-refractivity contribution >= 4 is 0 Å². The Bertz CT molecular complexity index is 887.